The molecule has 0 aliphatic carbocycles. The summed E-state index contributed by atoms with van der Waals surface area (Å²) in [5, 5.41) is 129. The number of phenolic OH excluding ortho intramolecular Hbond substituents is 7. The third-order valence-corrected chi connectivity index (χ3v) is 12.1. The topological polar surface area (TPSA) is 443 Å². The first kappa shape index (κ1) is 62.4. The Morgan fingerprint density at radius 1 is 0.564 bits per heavy atom. The molecular weight excluding hydrogens is 1100 g/mol. The Bertz CT molecular complexity index is 3370. The van der Waals surface area contributed by atoms with E-state index in [4.69, 9.17) is 43.6 Å². The average Bonchev–Trinajstić information content (AvgIpc) is 3.41. The van der Waals surface area contributed by atoms with Crippen LogP contribution < -0.4 is 19.1 Å². The van der Waals surface area contributed by atoms with Crippen molar-refractivity contribution in [3.8, 4) is 51.7 Å². The molecule has 0 aliphatic heterocycles. The number of aliphatic hydroxyl groups is 2. The molecule has 8 aromatic carbocycles. The first-order valence-corrected chi connectivity index (χ1v) is 25.3. The number of aliphatic hydroxyl groups excluding tert-OH is 2. The van der Waals surface area contributed by atoms with Crippen LogP contribution in [0.3, 0.4) is 0 Å². The van der Waals surface area contributed by atoms with Crippen molar-refractivity contribution in [2.45, 2.75) is 13.0 Å². The molecule has 0 saturated carbocycles. The largest absolute Gasteiger partial charge is 0.508 e. The number of methoxy groups -OCH3 is 1. The van der Waals surface area contributed by atoms with Crippen LogP contribution in [-0.4, -0.2) is 121 Å². The number of anilines is 1. The number of aromatic hydroxyl groups is 7. The number of nitrogens with one attached hydrogen (secondary N) is 1. The van der Waals surface area contributed by atoms with E-state index < -0.39 is 62.4 Å². The Morgan fingerprint density at radius 2 is 1.10 bits per heavy atom. The van der Waals surface area contributed by atoms with Gasteiger partial charge in [0.2, 0.25) is 0 Å². The molecule has 27 nitrogen and oxygen atoms in total. The number of non-ortho nitro benzene ring substituents is 1. The minimum atomic E-state index is -5.13. The van der Waals surface area contributed by atoms with E-state index >= 15 is 0 Å². The van der Waals surface area contributed by atoms with E-state index in [1.165, 1.54) is 49.6 Å². The fourth-order valence-corrected chi connectivity index (χ4v) is 7.32. The first-order valence-electron chi connectivity index (χ1n) is 21.9. The van der Waals surface area contributed by atoms with Gasteiger partial charge < -0.3 is 55.6 Å². The predicted molar refractivity (Wildman–Crippen MR) is 282 cm³/mol. The van der Waals surface area contributed by atoms with Gasteiger partial charge in [-0.1, -0.05) is 42.5 Å². The van der Waals surface area contributed by atoms with Gasteiger partial charge in [-0.25, -0.2) is 0 Å². The number of phenols is 7. The smallest absolute Gasteiger partial charge is 0.123 e. The van der Waals surface area contributed by atoms with Crippen LogP contribution in [0.4, 0.5) is 28.4 Å². The van der Waals surface area contributed by atoms with Crippen molar-refractivity contribution in [2.24, 2.45) is 0 Å². The number of aryl methyl sites for hydroxylation is 1. The molecule has 0 aromatic heterocycles. The fraction of sp³-hybridized carbons (Fsp3) is 0.120. The number of fused-ring (bicyclic) bond motifs is 2. The van der Waals surface area contributed by atoms with Gasteiger partial charge in [-0.2, -0.15) is 0 Å². The number of nitrogens with zero attached hydrogens (tertiary/aromatic N) is 4. The molecule has 0 bridgehead atoms. The Morgan fingerprint density at radius 3 is 1.62 bits per heavy atom. The maximum atomic E-state index is 10.8. The normalized spacial score (nSPS) is 10.6. The van der Waals surface area contributed by atoms with E-state index in [9.17, 15) is 59.5 Å². The number of nitro benzene ring substituents is 4. The van der Waals surface area contributed by atoms with Crippen LogP contribution in [-0.2, 0) is 3.74 Å². The zero-order chi connectivity index (χ0) is 58.4. The van der Waals surface area contributed by atoms with E-state index in [0.717, 1.165) is 29.7 Å². The van der Waals surface area contributed by atoms with Gasteiger partial charge in [0.1, 0.15) is 52.9 Å². The number of hydrogen-bond acceptors (Lipinski definition) is 21. The monoisotopic (exact) mass is 1150 g/mol. The summed E-state index contributed by atoms with van der Waals surface area (Å²) in [6.45, 7) is 1.15. The van der Waals surface area contributed by atoms with Crippen LogP contribution in [0.25, 0.3) is 21.5 Å². The van der Waals surface area contributed by atoms with Crippen molar-refractivity contribution >= 4 is 68.5 Å². The van der Waals surface area contributed by atoms with E-state index in [0.29, 0.717) is 39.2 Å². The van der Waals surface area contributed by atoms with Gasteiger partial charge in [0.05, 0.1) is 40.6 Å². The summed E-state index contributed by atoms with van der Waals surface area (Å²) < 4.78 is 37.7. The van der Waals surface area contributed by atoms with Gasteiger partial charge >= 0.3 is 80.2 Å². The zero-order valence-corrected chi connectivity index (χ0v) is 42.9. The minimum absolute atomic E-state index is 0.0509. The molecule has 78 heavy (non-hydrogen) atoms. The molecule has 1 atom stereocenters. The number of ether oxygens (including phenoxy) is 2. The van der Waals surface area contributed by atoms with Crippen molar-refractivity contribution in [1.29, 1.82) is 0 Å². The van der Waals surface area contributed by atoms with Crippen LogP contribution in [0, 0.1) is 47.4 Å². The summed E-state index contributed by atoms with van der Waals surface area (Å²) in [6, 6.07) is 34.7. The summed E-state index contributed by atoms with van der Waals surface area (Å²) in [7, 11) is 2.90. The molecule has 0 heterocycles. The summed E-state index contributed by atoms with van der Waals surface area (Å²) in [6.07, 6.45) is -0.969. The van der Waals surface area contributed by atoms with Crippen LogP contribution in [0.5, 0.6) is 51.7 Å². The second-order valence-electron chi connectivity index (χ2n) is 15.5. The summed E-state index contributed by atoms with van der Waals surface area (Å²) >= 11 is -5.13. The Balaban J connectivity index is 0.000000247. The molecule has 28 heteroatoms. The predicted octanol–water partition coefficient (Wildman–Crippen LogP) is 6.65. The number of rotatable bonds is 11. The summed E-state index contributed by atoms with van der Waals surface area (Å²) in [4.78, 5) is 39.0. The second kappa shape index (κ2) is 29.2. The van der Waals surface area contributed by atoms with Crippen LogP contribution in [0.15, 0.2) is 146 Å². The summed E-state index contributed by atoms with van der Waals surface area (Å²) in [5.74, 6) is 0.434. The van der Waals surface area contributed by atoms with Gasteiger partial charge in [0, 0.05) is 47.0 Å². The molecule has 0 saturated heterocycles. The molecule has 412 valence electrons. The van der Waals surface area contributed by atoms with Gasteiger partial charge in [0.15, 0.2) is 11.5 Å². The summed E-state index contributed by atoms with van der Waals surface area (Å²) in [5.41, 5.74) is -0.0526. The Labute approximate surface area is 443 Å². The van der Waals surface area contributed by atoms with Gasteiger partial charge in [-0.3, -0.25) is 30.3 Å². The molecular formula is C50H50AsN5O22. The molecule has 8 rings (SSSR count). The fourth-order valence-electron chi connectivity index (χ4n) is 6.14. The van der Waals surface area contributed by atoms with Gasteiger partial charge in [-0.15, -0.1) is 0 Å². The van der Waals surface area contributed by atoms with E-state index in [-0.39, 0.29) is 63.9 Å². The second-order valence-corrected chi connectivity index (χ2v) is 18.8. The maximum absolute atomic E-state index is 10.8. The van der Waals surface area contributed by atoms with Crippen molar-refractivity contribution in [3.05, 3.63) is 192 Å². The molecule has 0 fully saturated rings. The van der Waals surface area contributed by atoms with Crippen molar-refractivity contribution in [2.75, 3.05) is 32.7 Å². The molecule has 12 N–H and O–H groups in total. The van der Waals surface area contributed by atoms with Gasteiger partial charge in [0.25, 0.3) is 17.1 Å². The first-order chi connectivity index (χ1) is 36.7. The standard InChI is InChI=1S/C10H14N2O5.2C10H8O2.C7H7NO4.C7H7NO3.C6H6AsNO6/c1-11-9-4-8(17-6-7(14)5-13)2-3-10(9)12(15)16;11-9-5-1-3-7-8(9)4-2-6-10(7)12;11-8-5-4-7-2-1-3-10(12)9(7)6-8;1-12-7-4-5(8(10)11)2-3-6(7)9;1-5-2-3-6(9)4-7(5)8(10)11;9-6-2-1-4(7(10,11)12)3-5(6)8(13)14/h2-4,7,11,13-14H,5-6H2,1H3;2*1-6,11-12H;2-4,9H,1H3;2-4,9H,1H3;1-3,9H,(H2,10,11,12). The Kier molecular flexibility index (Phi) is 23.4. The molecule has 1 unspecified atom stereocenters. The van der Waals surface area contributed by atoms with Crippen molar-refractivity contribution < 1.29 is 87.1 Å². The molecule has 0 amide bonds. The average molecular weight is 1150 g/mol. The SMILES string of the molecule is CNc1cc(OCC(O)CO)ccc1[N+](=O)[O-].COc1cc([N+](=O)[O-])ccc1O.Cc1ccc(O)cc1[N+](=O)[O-].O=[N+]([O-])c1cc([As](=O)(O)O)ccc1O.Oc1ccc2cccc(O)c2c1.Oc1cccc2c(O)cccc12. The van der Waals surface area contributed by atoms with Crippen LogP contribution >= 0.6 is 0 Å². The third kappa shape index (κ3) is 18.8. The zero-order valence-electron chi connectivity index (χ0n) is 41.0. The number of hydrogen-bond donors (Lipinski definition) is 12. The number of nitro groups is 4. The maximum Gasteiger partial charge on any atom is 0.123 e. The molecule has 0 radical (unpaired) electrons. The quantitative estimate of drug-likeness (QED) is 0.0366. The van der Waals surface area contributed by atoms with Crippen molar-refractivity contribution in [3.63, 3.8) is 0 Å². The van der Waals surface area contributed by atoms with Gasteiger partial charge in [-0.05, 0) is 66.9 Å². The third-order valence-electron chi connectivity index (χ3n) is 10.1. The Hall–Kier alpha value is -9.92. The minimum Gasteiger partial charge on any atom is -0.508 e. The van der Waals surface area contributed by atoms with Crippen molar-refractivity contribution in [1.82, 2.24) is 0 Å². The van der Waals surface area contributed by atoms with E-state index in [1.54, 1.807) is 80.7 Å². The van der Waals surface area contributed by atoms with Crippen LogP contribution in [0.1, 0.15) is 5.56 Å². The van der Waals surface area contributed by atoms with E-state index in [1.807, 2.05) is 6.07 Å². The van der Waals surface area contributed by atoms with Crippen LogP contribution in [0.2, 0.25) is 0 Å². The molecule has 8 aromatic rings. The number of benzene rings is 8. The van der Waals surface area contributed by atoms with E-state index in [2.05, 4.69) is 10.1 Å². The molecule has 0 aliphatic rings. The molecule has 0 spiro atoms.